The van der Waals surface area contributed by atoms with Crippen LogP contribution >= 0.6 is 0 Å². The van der Waals surface area contributed by atoms with Crippen molar-refractivity contribution in [3.8, 4) is 0 Å². The Balaban J connectivity index is -0.00000000450. The zero-order chi connectivity index (χ0) is 3.58. The van der Waals surface area contributed by atoms with Crippen LogP contribution in [-0.4, -0.2) is 60.1 Å². The molecule has 0 aliphatic carbocycles. The van der Waals surface area contributed by atoms with Crippen LogP contribution in [0.4, 0.5) is 0 Å². The maximum absolute atomic E-state index is 7.17. The van der Waals surface area contributed by atoms with E-state index in [4.69, 9.17) is 15.1 Å². The summed E-state index contributed by atoms with van der Waals surface area (Å²) in [7, 11) is -2.17. The van der Waals surface area contributed by atoms with Crippen molar-refractivity contribution < 1.29 is 90.6 Å². The average molecular weight is 350 g/mol. The van der Waals surface area contributed by atoms with E-state index in [1.807, 2.05) is 0 Å². The van der Waals surface area contributed by atoms with Gasteiger partial charge in [-0.1, -0.05) is 0 Å². The molecule has 0 aliphatic rings. The first kappa shape index (κ1) is 22.4. The van der Waals surface area contributed by atoms with Crippen LogP contribution < -0.4 is 0 Å². The van der Waals surface area contributed by atoms with Crippen LogP contribution in [0.2, 0.25) is 0 Å². The van der Waals surface area contributed by atoms with Gasteiger partial charge in [0.25, 0.3) is 0 Å². The second-order valence-corrected chi connectivity index (χ2v) is 0.346. The summed E-state index contributed by atoms with van der Waals surface area (Å²) in [4.78, 5) is 0. The third-order valence-electron chi connectivity index (χ3n) is 0. The molecule has 0 spiro atoms. The molecule has 0 saturated heterocycles. The molecule has 0 unspecified atom stereocenters. The van der Waals surface area contributed by atoms with E-state index in [0.29, 0.717) is 0 Å². The fourth-order valence-corrected chi connectivity index (χ4v) is 0. The molecular formula is H5BCaGdO3Y. The minimum absolute atomic E-state index is 0. The summed E-state index contributed by atoms with van der Waals surface area (Å²) in [6, 6.07) is 0. The van der Waals surface area contributed by atoms with Crippen molar-refractivity contribution >= 4 is 45.1 Å². The van der Waals surface area contributed by atoms with Gasteiger partial charge < -0.3 is 17.9 Å². The number of hydrogen-bond donors (Lipinski definition) is 3. The van der Waals surface area contributed by atoms with E-state index in [9.17, 15) is 0 Å². The van der Waals surface area contributed by atoms with Crippen LogP contribution in [-0.2, 0) is 32.7 Å². The third-order valence-corrected chi connectivity index (χ3v) is 0. The van der Waals surface area contributed by atoms with Crippen molar-refractivity contribution in [2.24, 2.45) is 0 Å². The first-order valence-corrected chi connectivity index (χ1v) is 0.775. The van der Waals surface area contributed by atoms with Gasteiger partial charge in [-0.2, -0.15) is 0 Å². The van der Waals surface area contributed by atoms with Crippen LogP contribution in [0.15, 0.2) is 0 Å². The largest absolute Gasteiger partial charge is 2.00 e. The molecule has 0 aromatic heterocycles. The van der Waals surface area contributed by atoms with Gasteiger partial charge >= 0.3 is 45.1 Å². The average Bonchev–Trinajstić information content (AvgIpc) is 0.811. The Bertz CT molecular complexity index is 26.5. The molecule has 0 heterocycles. The SMILES string of the molecule is OB(O)O.[Ca+2].[Gd].[H-].[H-].[Y]. The molecule has 0 amide bonds. The standard InChI is InChI=1S/BH3O3.Ca.Gd.Y.2H/c2-1(3)4;;;;;/h2-4H;;;;;/q;+2;;;2*-1. The summed E-state index contributed by atoms with van der Waals surface area (Å²) in [6.45, 7) is 0. The Hall–Kier alpha value is 3.63. The quantitative estimate of drug-likeness (QED) is 0.435. The summed E-state index contributed by atoms with van der Waals surface area (Å²) >= 11 is 0. The predicted octanol–water partition coefficient (Wildman–Crippen LogP) is -2.21. The molecule has 7 heavy (non-hydrogen) atoms. The molecule has 3 nitrogen and oxygen atoms in total. The zero-order valence-corrected chi connectivity index (χ0v) is 10.9. The van der Waals surface area contributed by atoms with Gasteiger partial charge in [0, 0.05) is 72.6 Å². The van der Waals surface area contributed by atoms with Crippen molar-refractivity contribution in [3.63, 3.8) is 0 Å². The van der Waals surface area contributed by atoms with Crippen molar-refractivity contribution in [1.29, 1.82) is 0 Å². The van der Waals surface area contributed by atoms with Crippen LogP contribution in [0.5, 0.6) is 0 Å². The van der Waals surface area contributed by atoms with E-state index in [-0.39, 0.29) is 113 Å². The smallest absolute Gasteiger partial charge is 1.00 e. The zero-order valence-electron chi connectivity index (χ0n) is 5.56. The van der Waals surface area contributed by atoms with Gasteiger partial charge in [0.1, 0.15) is 0 Å². The molecule has 3 N–H and O–H groups in total. The Kier molecular flexibility index (Phi) is 52.3. The van der Waals surface area contributed by atoms with Gasteiger partial charge in [-0.25, -0.2) is 0 Å². The van der Waals surface area contributed by atoms with Crippen LogP contribution in [0.25, 0.3) is 0 Å². The number of hydrogen-bond acceptors (Lipinski definition) is 3. The second kappa shape index (κ2) is 16.3. The molecule has 0 saturated carbocycles. The summed E-state index contributed by atoms with van der Waals surface area (Å²) < 4.78 is 0. The Labute approximate surface area is 132 Å². The molecule has 0 aromatic rings. The van der Waals surface area contributed by atoms with Crippen molar-refractivity contribution in [1.82, 2.24) is 0 Å². The molecule has 0 rings (SSSR count). The summed E-state index contributed by atoms with van der Waals surface area (Å²) in [6.07, 6.45) is 0. The fourth-order valence-electron chi connectivity index (χ4n) is 0. The first-order chi connectivity index (χ1) is 1.73. The molecular weight excluding hydrogens is 345 g/mol. The van der Waals surface area contributed by atoms with E-state index in [0.717, 1.165) is 0 Å². The van der Waals surface area contributed by atoms with E-state index in [1.54, 1.807) is 0 Å². The van der Waals surface area contributed by atoms with E-state index >= 15 is 0 Å². The molecule has 0 bridgehead atoms. The minimum Gasteiger partial charge on any atom is -1.00 e. The maximum atomic E-state index is 7.17. The molecule has 39 valence electrons. The monoisotopic (exact) mass is 351 g/mol. The molecule has 0 aliphatic heterocycles. The normalized spacial score (nSPS) is 3.86. The van der Waals surface area contributed by atoms with Crippen LogP contribution in [0.3, 0.4) is 0 Å². The van der Waals surface area contributed by atoms with Crippen LogP contribution in [0, 0.1) is 39.9 Å². The van der Waals surface area contributed by atoms with Gasteiger partial charge in [0.15, 0.2) is 0 Å². The second-order valence-electron chi connectivity index (χ2n) is 0.346. The van der Waals surface area contributed by atoms with Gasteiger partial charge in [0.2, 0.25) is 0 Å². The van der Waals surface area contributed by atoms with Gasteiger partial charge in [-0.3, -0.25) is 0 Å². The van der Waals surface area contributed by atoms with Crippen molar-refractivity contribution in [2.75, 3.05) is 0 Å². The molecule has 0 fully saturated rings. The summed E-state index contributed by atoms with van der Waals surface area (Å²) in [5.74, 6) is 0. The summed E-state index contributed by atoms with van der Waals surface area (Å²) in [5.41, 5.74) is 0. The van der Waals surface area contributed by atoms with E-state index in [2.05, 4.69) is 0 Å². The Morgan fingerprint density at radius 3 is 1.14 bits per heavy atom. The van der Waals surface area contributed by atoms with E-state index < -0.39 is 7.32 Å². The first-order valence-electron chi connectivity index (χ1n) is 0.775. The molecule has 0 atom stereocenters. The molecule has 7 heteroatoms. The van der Waals surface area contributed by atoms with Crippen molar-refractivity contribution in [3.05, 3.63) is 0 Å². The minimum atomic E-state index is -2.17. The summed E-state index contributed by atoms with van der Waals surface area (Å²) in [5, 5.41) is 21.5. The molecule has 0 aromatic carbocycles. The van der Waals surface area contributed by atoms with Gasteiger partial charge in [-0.15, -0.1) is 0 Å². The van der Waals surface area contributed by atoms with Crippen LogP contribution in [0.1, 0.15) is 2.85 Å². The van der Waals surface area contributed by atoms with Crippen molar-refractivity contribution in [2.45, 2.75) is 0 Å². The van der Waals surface area contributed by atoms with Gasteiger partial charge in [0.05, 0.1) is 0 Å². The van der Waals surface area contributed by atoms with Gasteiger partial charge in [-0.05, 0) is 0 Å². The Morgan fingerprint density at radius 2 is 1.14 bits per heavy atom. The Morgan fingerprint density at radius 1 is 1.14 bits per heavy atom. The maximum Gasteiger partial charge on any atom is 2.00 e. The fraction of sp³-hybridized carbons (Fsp3) is 0. The number of rotatable bonds is 0. The van der Waals surface area contributed by atoms with E-state index in [1.165, 1.54) is 0 Å². The predicted molar refractivity (Wildman–Crippen MR) is 20.4 cm³/mol. The topological polar surface area (TPSA) is 60.7 Å². The third kappa shape index (κ3) is 42.5. The molecule has 1 radical (unpaired) electrons.